The number of methoxy groups -OCH3 is 1. The van der Waals surface area contributed by atoms with Gasteiger partial charge in [-0.25, -0.2) is 0 Å². The Kier molecular flexibility index (Phi) is 5.45. The fourth-order valence-corrected chi connectivity index (χ4v) is 1.86. The minimum absolute atomic E-state index is 0.480. The fraction of sp³-hybridized carbons (Fsp3) is 1.00. The predicted octanol–water partition coefficient (Wildman–Crippen LogP) is 0.953. The van der Waals surface area contributed by atoms with Gasteiger partial charge in [-0.15, -0.1) is 0 Å². The summed E-state index contributed by atoms with van der Waals surface area (Å²) in [5.74, 6) is 0.977. The molecule has 1 unspecified atom stereocenters. The summed E-state index contributed by atoms with van der Waals surface area (Å²) in [6, 6.07) is 0.480. The third kappa shape index (κ3) is 4.94. The monoisotopic (exact) mass is 200 g/mol. The standard InChI is InChI=1S/C11H24N2O/c1-4-12-11(9-14-3)8-13(2)7-10-5-6-10/h10-12H,4-9H2,1-3H3. The van der Waals surface area contributed by atoms with Crippen molar-refractivity contribution in [2.45, 2.75) is 25.8 Å². The van der Waals surface area contributed by atoms with Gasteiger partial charge in [0, 0.05) is 26.2 Å². The molecule has 0 aromatic heterocycles. The first-order chi connectivity index (χ1) is 6.76. The van der Waals surface area contributed by atoms with Crippen molar-refractivity contribution in [1.29, 1.82) is 0 Å². The number of nitrogens with zero attached hydrogens (tertiary/aromatic N) is 1. The molecule has 14 heavy (non-hydrogen) atoms. The van der Waals surface area contributed by atoms with Crippen LogP contribution in [-0.2, 0) is 4.74 Å². The molecule has 84 valence electrons. The van der Waals surface area contributed by atoms with Crippen LogP contribution in [0, 0.1) is 5.92 Å². The summed E-state index contributed by atoms with van der Waals surface area (Å²) < 4.78 is 5.19. The van der Waals surface area contributed by atoms with Gasteiger partial charge >= 0.3 is 0 Å². The first kappa shape index (κ1) is 12.0. The summed E-state index contributed by atoms with van der Waals surface area (Å²) in [4.78, 5) is 2.42. The molecule has 0 radical (unpaired) electrons. The van der Waals surface area contributed by atoms with E-state index in [9.17, 15) is 0 Å². The largest absolute Gasteiger partial charge is 0.383 e. The summed E-state index contributed by atoms with van der Waals surface area (Å²) in [6.07, 6.45) is 2.86. The van der Waals surface area contributed by atoms with E-state index in [4.69, 9.17) is 4.74 Å². The molecule has 1 aliphatic carbocycles. The quantitative estimate of drug-likeness (QED) is 0.631. The van der Waals surface area contributed by atoms with Crippen LogP contribution in [0.1, 0.15) is 19.8 Å². The SMILES string of the molecule is CCNC(COC)CN(C)CC1CC1. The highest BCUT2D eigenvalue weighted by molar-refractivity contribution is 4.78. The second-order valence-electron chi connectivity index (χ2n) is 4.37. The zero-order chi connectivity index (χ0) is 10.4. The Bertz CT molecular complexity index is 142. The molecule has 0 amide bonds. The molecule has 1 aliphatic rings. The zero-order valence-corrected chi connectivity index (χ0v) is 9.75. The first-order valence-electron chi connectivity index (χ1n) is 5.67. The zero-order valence-electron chi connectivity index (χ0n) is 9.75. The van der Waals surface area contributed by atoms with E-state index < -0.39 is 0 Å². The van der Waals surface area contributed by atoms with Crippen LogP contribution in [0.2, 0.25) is 0 Å². The van der Waals surface area contributed by atoms with Crippen molar-refractivity contribution in [2.24, 2.45) is 5.92 Å². The average molecular weight is 200 g/mol. The van der Waals surface area contributed by atoms with Gasteiger partial charge in [-0.1, -0.05) is 6.92 Å². The van der Waals surface area contributed by atoms with Gasteiger partial charge in [0.1, 0.15) is 0 Å². The summed E-state index contributed by atoms with van der Waals surface area (Å²) in [5.41, 5.74) is 0. The Hall–Kier alpha value is -0.120. The lowest BCUT2D eigenvalue weighted by molar-refractivity contribution is 0.145. The number of likely N-dealkylation sites (N-methyl/N-ethyl adjacent to an activating group) is 2. The number of rotatable bonds is 8. The molecule has 3 nitrogen and oxygen atoms in total. The van der Waals surface area contributed by atoms with E-state index in [1.165, 1.54) is 19.4 Å². The van der Waals surface area contributed by atoms with E-state index in [0.29, 0.717) is 6.04 Å². The lowest BCUT2D eigenvalue weighted by Crippen LogP contribution is -2.43. The number of hydrogen-bond donors (Lipinski definition) is 1. The molecule has 0 heterocycles. The van der Waals surface area contributed by atoms with Crippen LogP contribution in [-0.4, -0.2) is 51.3 Å². The Morgan fingerprint density at radius 3 is 2.71 bits per heavy atom. The molecule has 0 bridgehead atoms. The average Bonchev–Trinajstić information content (AvgIpc) is 2.89. The Morgan fingerprint density at radius 2 is 2.21 bits per heavy atom. The van der Waals surface area contributed by atoms with E-state index in [1.807, 2.05) is 0 Å². The maximum Gasteiger partial charge on any atom is 0.0628 e. The smallest absolute Gasteiger partial charge is 0.0628 e. The van der Waals surface area contributed by atoms with Gasteiger partial charge in [-0.2, -0.15) is 0 Å². The van der Waals surface area contributed by atoms with Crippen molar-refractivity contribution < 1.29 is 4.74 Å². The lowest BCUT2D eigenvalue weighted by Gasteiger charge is -2.24. The summed E-state index contributed by atoms with van der Waals surface area (Å²) in [7, 11) is 3.98. The van der Waals surface area contributed by atoms with Crippen LogP contribution in [0.5, 0.6) is 0 Å². The third-order valence-corrected chi connectivity index (χ3v) is 2.66. The molecule has 1 saturated carbocycles. The van der Waals surface area contributed by atoms with Crippen LogP contribution >= 0.6 is 0 Å². The second-order valence-corrected chi connectivity index (χ2v) is 4.37. The van der Waals surface area contributed by atoms with Gasteiger partial charge in [0.15, 0.2) is 0 Å². The third-order valence-electron chi connectivity index (χ3n) is 2.66. The van der Waals surface area contributed by atoms with Crippen LogP contribution in [0.15, 0.2) is 0 Å². The maximum atomic E-state index is 5.19. The molecule has 3 heteroatoms. The van der Waals surface area contributed by atoms with Crippen LogP contribution in [0.25, 0.3) is 0 Å². The highest BCUT2D eigenvalue weighted by Crippen LogP contribution is 2.29. The van der Waals surface area contributed by atoms with Crippen molar-refractivity contribution in [3.63, 3.8) is 0 Å². The molecule has 1 N–H and O–H groups in total. The Balaban J connectivity index is 2.14. The first-order valence-corrected chi connectivity index (χ1v) is 5.67. The molecule has 0 aliphatic heterocycles. The second kappa shape index (κ2) is 6.38. The molecular weight excluding hydrogens is 176 g/mol. The molecule has 1 atom stereocenters. The summed E-state index contributed by atoms with van der Waals surface area (Å²) in [5, 5.41) is 3.44. The molecule has 0 spiro atoms. The van der Waals surface area contributed by atoms with Gasteiger partial charge in [0.2, 0.25) is 0 Å². The van der Waals surface area contributed by atoms with Gasteiger partial charge in [-0.3, -0.25) is 0 Å². The highest BCUT2D eigenvalue weighted by Gasteiger charge is 2.23. The Labute approximate surface area is 87.8 Å². The Morgan fingerprint density at radius 1 is 1.50 bits per heavy atom. The molecule has 0 saturated heterocycles. The van der Waals surface area contributed by atoms with Gasteiger partial charge < -0.3 is 15.0 Å². The van der Waals surface area contributed by atoms with Crippen molar-refractivity contribution in [1.82, 2.24) is 10.2 Å². The van der Waals surface area contributed by atoms with E-state index in [1.54, 1.807) is 7.11 Å². The van der Waals surface area contributed by atoms with E-state index in [2.05, 4.69) is 24.2 Å². The molecule has 1 rings (SSSR count). The molecular formula is C11H24N2O. The number of ether oxygens (including phenoxy) is 1. The van der Waals surface area contributed by atoms with Crippen molar-refractivity contribution in [2.75, 3.05) is 40.4 Å². The van der Waals surface area contributed by atoms with E-state index in [-0.39, 0.29) is 0 Å². The van der Waals surface area contributed by atoms with Crippen LogP contribution < -0.4 is 5.32 Å². The van der Waals surface area contributed by atoms with Crippen molar-refractivity contribution in [3.05, 3.63) is 0 Å². The highest BCUT2D eigenvalue weighted by atomic mass is 16.5. The molecule has 1 fully saturated rings. The summed E-state index contributed by atoms with van der Waals surface area (Å²) in [6.45, 7) is 6.32. The fourth-order valence-electron chi connectivity index (χ4n) is 1.86. The summed E-state index contributed by atoms with van der Waals surface area (Å²) >= 11 is 0. The topological polar surface area (TPSA) is 24.5 Å². The van der Waals surface area contributed by atoms with Gasteiger partial charge in [0.05, 0.1) is 6.61 Å². The van der Waals surface area contributed by atoms with Gasteiger partial charge in [0.25, 0.3) is 0 Å². The normalized spacial score (nSPS) is 18.9. The van der Waals surface area contributed by atoms with E-state index in [0.717, 1.165) is 25.6 Å². The minimum atomic E-state index is 0.480. The molecule has 0 aromatic rings. The van der Waals surface area contributed by atoms with Crippen molar-refractivity contribution in [3.8, 4) is 0 Å². The lowest BCUT2D eigenvalue weighted by atomic mass is 10.2. The number of hydrogen-bond acceptors (Lipinski definition) is 3. The molecule has 0 aromatic carbocycles. The number of nitrogens with one attached hydrogen (secondary N) is 1. The van der Waals surface area contributed by atoms with Crippen molar-refractivity contribution >= 4 is 0 Å². The van der Waals surface area contributed by atoms with E-state index >= 15 is 0 Å². The maximum absolute atomic E-state index is 5.19. The van der Waals surface area contributed by atoms with Crippen LogP contribution in [0.4, 0.5) is 0 Å². The predicted molar refractivity (Wildman–Crippen MR) is 59.6 cm³/mol. The minimum Gasteiger partial charge on any atom is -0.383 e. The van der Waals surface area contributed by atoms with Gasteiger partial charge in [-0.05, 0) is 32.4 Å². The van der Waals surface area contributed by atoms with Crippen LogP contribution in [0.3, 0.4) is 0 Å².